The second kappa shape index (κ2) is 15.0. The van der Waals surface area contributed by atoms with Crippen LogP contribution in [0.4, 0.5) is 0 Å². The van der Waals surface area contributed by atoms with Crippen LogP contribution in [0.1, 0.15) is 58.4 Å². The molecule has 284 valence electrons. The van der Waals surface area contributed by atoms with Crippen LogP contribution in [0.25, 0.3) is 11.1 Å². The first-order valence-electron chi connectivity index (χ1n) is 17.9. The highest BCUT2D eigenvalue weighted by Crippen LogP contribution is 2.46. The molecule has 3 aromatic carbocycles. The Balaban J connectivity index is 1.02. The molecule has 0 amide bonds. The molecule has 52 heavy (non-hydrogen) atoms. The molecule has 2 heterocycles. The van der Waals surface area contributed by atoms with Gasteiger partial charge in [0.05, 0.1) is 35.1 Å². The molecular formula is C38H51N3O9S2. The number of benzene rings is 3. The van der Waals surface area contributed by atoms with Crippen LogP contribution in [0.3, 0.4) is 0 Å². The molecule has 2 saturated heterocycles. The maximum absolute atomic E-state index is 14.1. The molecule has 0 aromatic heterocycles. The largest absolute Gasteiger partial charge is 0.492 e. The van der Waals surface area contributed by atoms with E-state index >= 15 is 0 Å². The predicted molar refractivity (Wildman–Crippen MR) is 198 cm³/mol. The summed E-state index contributed by atoms with van der Waals surface area (Å²) in [5.41, 5.74) is 7.92. The summed E-state index contributed by atoms with van der Waals surface area (Å²) in [6, 6.07) is 19.2. The van der Waals surface area contributed by atoms with E-state index in [-0.39, 0.29) is 29.0 Å². The molecule has 14 heteroatoms. The molecule has 2 aliphatic heterocycles. The van der Waals surface area contributed by atoms with Crippen molar-refractivity contribution in [2.24, 2.45) is 5.73 Å². The summed E-state index contributed by atoms with van der Waals surface area (Å²) in [4.78, 5) is 0.234. The minimum absolute atomic E-state index is 0.0306. The van der Waals surface area contributed by atoms with E-state index in [1.165, 1.54) is 16.4 Å². The average Bonchev–Trinajstić information content (AvgIpc) is 3.86. The monoisotopic (exact) mass is 757 g/mol. The summed E-state index contributed by atoms with van der Waals surface area (Å²) in [6.07, 6.45) is 1.74. The van der Waals surface area contributed by atoms with E-state index in [1.54, 1.807) is 24.3 Å². The molecule has 12 nitrogen and oxygen atoms in total. The fourth-order valence-corrected chi connectivity index (χ4v) is 10.5. The van der Waals surface area contributed by atoms with E-state index in [0.717, 1.165) is 16.7 Å². The molecule has 5 N–H and O–H groups in total. The molecule has 1 saturated carbocycles. The zero-order valence-electron chi connectivity index (χ0n) is 30.1. The number of sulfonamides is 1. The molecule has 1 aliphatic carbocycles. The van der Waals surface area contributed by atoms with Gasteiger partial charge in [-0.05, 0) is 99.9 Å². The van der Waals surface area contributed by atoms with E-state index in [4.69, 9.17) is 19.9 Å². The summed E-state index contributed by atoms with van der Waals surface area (Å²) in [6.45, 7) is 6.85. The Bertz CT molecular complexity index is 1930. The number of aliphatic hydroxyl groups is 2. The molecule has 3 fully saturated rings. The van der Waals surface area contributed by atoms with Crippen LogP contribution in [0.5, 0.6) is 11.5 Å². The summed E-state index contributed by atoms with van der Waals surface area (Å²) in [7, 11) is -7.56. The number of hydrogen-bond donors (Lipinski definition) is 4. The first-order chi connectivity index (χ1) is 24.6. The van der Waals surface area contributed by atoms with Gasteiger partial charge >= 0.3 is 0 Å². The van der Waals surface area contributed by atoms with Gasteiger partial charge in [0.25, 0.3) is 0 Å². The molecule has 2 unspecified atom stereocenters. The summed E-state index contributed by atoms with van der Waals surface area (Å²) in [5, 5.41) is 23.6. The van der Waals surface area contributed by atoms with Crippen molar-refractivity contribution in [1.82, 2.24) is 9.62 Å². The third-order valence-electron chi connectivity index (χ3n) is 10.5. The zero-order chi connectivity index (χ0) is 37.4. The van der Waals surface area contributed by atoms with Crippen molar-refractivity contribution >= 4 is 19.9 Å². The number of nitrogens with zero attached hydrogens (tertiary/aromatic N) is 1. The molecule has 3 aliphatic rings. The van der Waals surface area contributed by atoms with E-state index in [1.807, 2.05) is 51.1 Å². The fourth-order valence-electron chi connectivity index (χ4n) is 7.04. The SMILES string of the molecule is CCOc1ccc(-c2ccc(C(C)(C)N)cc2)cc1S(=O)(=O)N1CCC2(CC1)CC(NCC(O)COc1cccc(S(=O)(=O)C3(CO)CC3)c1)CO2. The van der Waals surface area contributed by atoms with Crippen molar-refractivity contribution < 1.29 is 41.3 Å². The summed E-state index contributed by atoms with van der Waals surface area (Å²) in [5.74, 6) is 0.644. The lowest BCUT2D eigenvalue weighted by Gasteiger charge is -2.38. The Hall–Kier alpha value is -3.08. The predicted octanol–water partition coefficient (Wildman–Crippen LogP) is 3.59. The first-order valence-corrected chi connectivity index (χ1v) is 20.8. The number of sulfone groups is 1. The normalized spacial score (nSPS) is 20.8. The number of hydrogen-bond acceptors (Lipinski definition) is 11. The van der Waals surface area contributed by atoms with Crippen LogP contribution < -0.4 is 20.5 Å². The van der Waals surface area contributed by atoms with Gasteiger partial charge in [-0.3, -0.25) is 0 Å². The molecule has 0 bridgehead atoms. The molecular weight excluding hydrogens is 707 g/mol. The zero-order valence-corrected chi connectivity index (χ0v) is 31.7. The van der Waals surface area contributed by atoms with Crippen LogP contribution in [-0.4, -0.2) is 99.9 Å². The van der Waals surface area contributed by atoms with Gasteiger partial charge < -0.3 is 35.5 Å². The molecule has 2 atom stereocenters. The minimum atomic E-state index is -3.88. The van der Waals surface area contributed by atoms with Gasteiger partial charge in [-0.25, -0.2) is 16.8 Å². The molecule has 0 radical (unpaired) electrons. The smallest absolute Gasteiger partial charge is 0.246 e. The van der Waals surface area contributed by atoms with Crippen molar-refractivity contribution in [3.63, 3.8) is 0 Å². The van der Waals surface area contributed by atoms with Crippen LogP contribution >= 0.6 is 0 Å². The Morgan fingerprint density at radius 3 is 2.31 bits per heavy atom. The van der Waals surface area contributed by atoms with E-state index < -0.39 is 48.5 Å². The van der Waals surface area contributed by atoms with Crippen LogP contribution in [0.2, 0.25) is 0 Å². The number of ether oxygens (including phenoxy) is 3. The quantitative estimate of drug-likeness (QED) is 0.178. The third-order valence-corrected chi connectivity index (χ3v) is 15.0. The maximum Gasteiger partial charge on any atom is 0.246 e. The standard InChI is InChI=1S/C38H51N3O9S2/c1-4-48-34-13-10-28(27-8-11-29(12-9-27)36(2,3)39)20-35(34)52(46,47)41-18-16-37(17-19-41)22-30(24-50-37)40-23-31(43)25-49-32-6-5-7-33(21-32)51(44,45)38(26-42)14-15-38/h5-13,20-21,30-31,40,42-43H,4,14-19,22-26,39H2,1-3H3. The summed E-state index contributed by atoms with van der Waals surface area (Å²) < 4.78 is 72.3. The second-order valence-electron chi connectivity index (χ2n) is 14.9. The van der Waals surface area contributed by atoms with Crippen molar-refractivity contribution in [3.8, 4) is 22.6 Å². The van der Waals surface area contributed by atoms with E-state index in [9.17, 15) is 27.0 Å². The second-order valence-corrected chi connectivity index (χ2v) is 19.1. The lowest BCUT2D eigenvalue weighted by Crippen LogP contribution is -2.47. The lowest BCUT2D eigenvalue weighted by atomic mass is 9.88. The topological polar surface area (TPSA) is 178 Å². The van der Waals surface area contributed by atoms with Crippen LogP contribution in [0, 0.1) is 0 Å². The first kappa shape index (κ1) is 38.6. The lowest BCUT2D eigenvalue weighted by molar-refractivity contribution is -0.0312. The highest BCUT2D eigenvalue weighted by atomic mass is 32.2. The van der Waals surface area contributed by atoms with Crippen molar-refractivity contribution in [3.05, 3.63) is 72.3 Å². The van der Waals surface area contributed by atoms with Crippen molar-refractivity contribution in [2.45, 2.75) is 90.7 Å². The highest BCUT2D eigenvalue weighted by molar-refractivity contribution is 7.93. The van der Waals surface area contributed by atoms with Crippen molar-refractivity contribution in [1.29, 1.82) is 0 Å². The maximum atomic E-state index is 14.1. The number of nitrogens with two attached hydrogens (primary N) is 1. The number of piperidine rings is 1. The summed E-state index contributed by atoms with van der Waals surface area (Å²) >= 11 is 0. The highest BCUT2D eigenvalue weighted by Gasteiger charge is 2.54. The number of rotatable bonds is 15. The van der Waals surface area contributed by atoms with Gasteiger partial charge in [0.1, 0.15) is 29.1 Å². The van der Waals surface area contributed by atoms with Gasteiger partial charge in [0, 0.05) is 31.2 Å². The van der Waals surface area contributed by atoms with Crippen LogP contribution in [0.15, 0.2) is 76.5 Å². The van der Waals surface area contributed by atoms with Gasteiger partial charge in [-0.1, -0.05) is 36.4 Å². The Kier molecular flexibility index (Phi) is 11.1. The molecule has 1 spiro atoms. The molecule has 6 rings (SSSR count). The Morgan fingerprint density at radius 2 is 1.67 bits per heavy atom. The van der Waals surface area contributed by atoms with Gasteiger partial charge in [-0.15, -0.1) is 0 Å². The minimum Gasteiger partial charge on any atom is -0.492 e. The van der Waals surface area contributed by atoms with E-state index in [0.29, 0.717) is 69.9 Å². The molecule has 3 aromatic rings. The average molecular weight is 758 g/mol. The number of nitrogens with one attached hydrogen (secondary N) is 1. The van der Waals surface area contributed by atoms with Crippen LogP contribution in [-0.2, 0) is 30.1 Å². The van der Waals surface area contributed by atoms with Gasteiger partial charge in [0.2, 0.25) is 10.0 Å². The Morgan fingerprint density at radius 1 is 0.981 bits per heavy atom. The van der Waals surface area contributed by atoms with Crippen molar-refractivity contribution in [2.75, 3.05) is 46.1 Å². The fraction of sp³-hybridized carbons (Fsp3) is 0.526. The Labute approximate surface area is 307 Å². The number of aliphatic hydroxyl groups excluding tert-OH is 2. The third kappa shape index (κ3) is 8.04. The van der Waals surface area contributed by atoms with E-state index in [2.05, 4.69) is 5.32 Å². The van der Waals surface area contributed by atoms with Gasteiger partial charge in [-0.2, -0.15) is 4.31 Å². The van der Waals surface area contributed by atoms with Gasteiger partial charge in [0.15, 0.2) is 9.84 Å².